The minimum Gasteiger partial charge on any atom is -0.388 e. The third-order valence-corrected chi connectivity index (χ3v) is 5.97. The highest BCUT2D eigenvalue weighted by Crippen LogP contribution is 2.65. The summed E-state index contributed by atoms with van der Waals surface area (Å²) in [4.78, 5) is 7.33. The number of aromatic amines is 1. The molecule has 120 valence electrons. The third-order valence-electron chi connectivity index (χ3n) is 5.97. The van der Waals surface area contributed by atoms with Gasteiger partial charge in [-0.2, -0.15) is 13.2 Å². The second kappa shape index (κ2) is 3.98. The molecule has 6 heteroatoms. The Morgan fingerprint density at radius 3 is 2.91 bits per heavy atom. The lowest BCUT2D eigenvalue weighted by Crippen LogP contribution is -2.37. The second-order valence-electron chi connectivity index (χ2n) is 7.08. The summed E-state index contributed by atoms with van der Waals surface area (Å²) >= 11 is 0. The molecule has 0 unspecified atom stereocenters. The molecule has 3 aliphatic rings. The number of H-pyrrole nitrogens is 1. The Labute approximate surface area is 130 Å². The quantitative estimate of drug-likeness (QED) is 0.779. The minimum absolute atomic E-state index is 0.278. The van der Waals surface area contributed by atoms with Crippen LogP contribution in [-0.4, -0.2) is 27.4 Å². The van der Waals surface area contributed by atoms with Crippen molar-refractivity contribution in [1.82, 2.24) is 9.97 Å². The molecule has 2 bridgehead atoms. The van der Waals surface area contributed by atoms with Gasteiger partial charge in [0.05, 0.1) is 29.0 Å². The SMILES string of the molecule is O[C@H]1C(C(F)(F)F)=C2c3ccc4[nH]cnc4c3C[C@@]23CC[C@@H]1C3. The summed E-state index contributed by atoms with van der Waals surface area (Å²) in [6, 6.07) is 3.55. The van der Waals surface area contributed by atoms with Crippen molar-refractivity contribution in [3.63, 3.8) is 0 Å². The van der Waals surface area contributed by atoms with E-state index in [-0.39, 0.29) is 5.92 Å². The monoisotopic (exact) mass is 320 g/mol. The topological polar surface area (TPSA) is 48.9 Å². The number of fused-ring (bicyclic) bond motifs is 5. The van der Waals surface area contributed by atoms with Crippen molar-refractivity contribution in [2.24, 2.45) is 11.3 Å². The maximum absolute atomic E-state index is 13.7. The molecule has 0 radical (unpaired) electrons. The van der Waals surface area contributed by atoms with Gasteiger partial charge in [0.25, 0.3) is 0 Å². The molecular weight excluding hydrogens is 305 g/mol. The number of nitrogens with zero attached hydrogens (tertiary/aromatic N) is 1. The van der Waals surface area contributed by atoms with Crippen molar-refractivity contribution in [2.75, 3.05) is 0 Å². The fourth-order valence-corrected chi connectivity index (χ4v) is 5.14. The molecule has 0 saturated heterocycles. The van der Waals surface area contributed by atoms with E-state index in [1.54, 1.807) is 18.5 Å². The van der Waals surface area contributed by atoms with Crippen LogP contribution in [0.25, 0.3) is 16.6 Å². The summed E-state index contributed by atoms with van der Waals surface area (Å²) < 4.78 is 41.1. The van der Waals surface area contributed by atoms with E-state index in [1.807, 2.05) is 0 Å². The number of allylic oxidation sites excluding steroid dienone is 1. The second-order valence-corrected chi connectivity index (χ2v) is 7.08. The summed E-state index contributed by atoms with van der Waals surface area (Å²) in [5.74, 6) is -0.278. The minimum atomic E-state index is -4.49. The van der Waals surface area contributed by atoms with E-state index in [2.05, 4.69) is 9.97 Å². The maximum Gasteiger partial charge on any atom is 0.415 e. The summed E-state index contributed by atoms with van der Waals surface area (Å²) in [6.07, 6.45) is -1.71. The highest BCUT2D eigenvalue weighted by molar-refractivity contribution is 5.92. The first-order valence-electron chi connectivity index (χ1n) is 7.86. The van der Waals surface area contributed by atoms with Crippen LogP contribution in [0.1, 0.15) is 30.4 Å². The smallest absolute Gasteiger partial charge is 0.388 e. The molecule has 1 heterocycles. The van der Waals surface area contributed by atoms with Gasteiger partial charge >= 0.3 is 6.18 Å². The zero-order valence-electron chi connectivity index (χ0n) is 12.2. The zero-order valence-corrected chi connectivity index (χ0v) is 12.2. The van der Waals surface area contributed by atoms with Gasteiger partial charge in [0.2, 0.25) is 0 Å². The van der Waals surface area contributed by atoms with E-state index < -0.39 is 23.3 Å². The van der Waals surface area contributed by atoms with Crippen molar-refractivity contribution in [1.29, 1.82) is 0 Å². The summed E-state index contributed by atoms with van der Waals surface area (Å²) in [7, 11) is 0. The van der Waals surface area contributed by atoms with Gasteiger partial charge in [-0.3, -0.25) is 0 Å². The molecule has 1 spiro atoms. The lowest BCUT2D eigenvalue weighted by atomic mass is 9.70. The van der Waals surface area contributed by atoms with Crippen LogP contribution in [0, 0.1) is 11.3 Å². The summed E-state index contributed by atoms with van der Waals surface area (Å²) in [6.45, 7) is 0. The van der Waals surface area contributed by atoms with Crippen molar-refractivity contribution >= 4 is 16.6 Å². The van der Waals surface area contributed by atoms with Gasteiger partial charge in [-0.1, -0.05) is 6.07 Å². The molecule has 2 aromatic rings. The van der Waals surface area contributed by atoms with E-state index in [4.69, 9.17) is 0 Å². The Hall–Kier alpha value is -1.82. The van der Waals surface area contributed by atoms with E-state index in [1.165, 1.54) is 0 Å². The van der Waals surface area contributed by atoms with Crippen molar-refractivity contribution < 1.29 is 18.3 Å². The lowest BCUT2D eigenvalue weighted by Gasteiger charge is -2.36. The number of alkyl halides is 3. The molecule has 1 saturated carbocycles. The van der Waals surface area contributed by atoms with Crippen LogP contribution in [0.5, 0.6) is 0 Å². The van der Waals surface area contributed by atoms with Crippen molar-refractivity contribution in [3.05, 3.63) is 35.2 Å². The van der Waals surface area contributed by atoms with E-state index in [0.717, 1.165) is 16.6 Å². The van der Waals surface area contributed by atoms with Gasteiger partial charge in [-0.05, 0) is 54.4 Å². The van der Waals surface area contributed by atoms with Gasteiger partial charge in [-0.15, -0.1) is 0 Å². The van der Waals surface area contributed by atoms with Crippen LogP contribution in [0.3, 0.4) is 0 Å². The molecule has 5 rings (SSSR count). The Kier molecular flexibility index (Phi) is 2.35. The standard InChI is InChI=1S/C17H15F3N2O/c18-17(19,20)13-12-9-1-2-11-14(22-7-21-11)10(9)6-16(12)4-3-8(5-16)15(13)23/h1-2,7-8,15,23H,3-6H2,(H,21,22)/t8-,15-,16+/m1/s1. The van der Waals surface area contributed by atoms with Gasteiger partial charge in [0.1, 0.15) is 0 Å². The summed E-state index contributed by atoms with van der Waals surface area (Å²) in [5.41, 5.74) is 2.31. The van der Waals surface area contributed by atoms with E-state index in [9.17, 15) is 18.3 Å². The van der Waals surface area contributed by atoms with Crippen LogP contribution in [0.4, 0.5) is 13.2 Å². The molecular formula is C17H15F3N2O. The maximum atomic E-state index is 13.7. The molecule has 23 heavy (non-hydrogen) atoms. The fraction of sp³-hybridized carbons (Fsp3) is 0.471. The number of benzene rings is 1. The zero-order chi connectivity index (χ0) is 16.0. The molecule has 2 N–H and O–H groups in total. The molecule has 3 nitrogen and oxygen atoms in total. The Balaban J connectivity index is 1.87. The first-order valence-corrected chi connectivity index (χ1v) is 7.86. The van der Waals surface area contributed by atoms with Crippen LogP contribution in [-0.2, 0) is 6.42 Å². The van der Waals surface area contributed by atoms with E-state index in [0.29, 0.717) is 36.8 Å². The number of imidazole rings is 1. The Bertz CT molecular complexity index is 866. The predicted octanol–water partition coefficient (Wildman–Crippen LogP) is 3.60. The number of aliphatic hydroxyl groups excluding tert-OH is 1. The average Bonchev–Trinajstić information content (AvgIpc) is 3.15. The summed E-state index contributed by atoms with van der Waals surface area (Å²) in [5, 5.41) is 10.3. The molecule has 1 aromatic heterocycles. The lowest BCUT2D eigenvalue weighted by molar-refractivity contribution is -0.111. The number of aromatic nitrogens is 2. The van der Waals surface area contributed by atoms with Gasteiger partial charge in [0, 0.05) is 5.41 Å². The largest absolute Gasteiger partial charge is 0.415 e. The van der Waals surface area contributed by atoms with Crippen LogP contribution >= 0.6 is 0 Å². The van der Waals surface area contributed by atoms with Crippen LogP contribution in [0.15, 0.2) is 24.0 Å². The number of aliphatic hydroxyl groups is 1. The van der Waals surface area contributed by atoms with Gasteiger partial charge < -0.3 is 10.1 Å². The first-order chi connectivity index (χ1) is 10.9. The number of nitrogens with one attached hydrogen (secondary N) is 1. The van der Waals surface area contributed by atoms with Gasteiger partial charge in [-0.25, -0.2) is 4.98 Å². The number of halogens is 3. The molecule has 0 aliphatic heterocycles. The van der Waals surface area contributed by atoms with Crippen molar-refractivity contribution in [2.45, 2.75) is 38.0 Å². The molecule has 1 fully saturated rings. The number of hydrogen-bond donors (Lipinski definition) is 2. The Morgan fingerprint density at radius 1 is 1.30 bits per heavy atom. The third kappa shape index (κ3) is 1.57. The average molecular weight is 320 g/mol. The predicted molar refractivity (Wildman–Crippen MR) is 78.6 cm³/mol. The molecule has 0 amide bonds. The molecule has 3 aliphatic carbocycles. The fourth-order valence-electron chi connectivity index (χ4n) is 5.14. The normalized spacial score (nSPS) is 32.5. The highest BCUT2D eigenvalue weighted by atomic mass is 19.4. The van der Waals surface area contributed by atoms with Crippen molar-refractivity contribution in [3.8, 4) is 0 Å². The number of rotatable bonds is 0. The van der Waals surface area contributed by atoms with Gasteiger partial charge in [0.15, 0.2) is 0 Å². The van der Waals surface area contributed by atoms with Crippen LogP contribution < -0.4 is 0 Å². The Morgan fingerprint density at radius 2 is 2.13 bits per heavy atom. The molecule has 3 atom stereocenters. The highest BCUT2D eigenvalue weighted by Gasteiger charge is 2.59. The molecule has 1 aromatic carbocycles. The van der Waals surface area contributed by atoms with Crippen LogP contribution in [0.2, 0.25) is 0 Å². The first kappa shape index (κ1) is 13.6. The number of hydrogen-bond acceptors (Lipinski definition) is 2. The van der Waals surface area contributed by atoms with E-state index >= 15 is 0 Å².